The molecule has 7 nitrogen and oxygen atoms in total. The number of hydrogen-bond acceptors (Lipinski definition) is 4. The lowest BCUT2D eigenvalue weighted by Gasteiger charge is -2.34. The largest absolute Gasteiger partial charge is 0.350 e. The van der Waals surface area contributed by atoms with Crippen molar-refractivity contribution in [2.45, 2.75) is 52.1 Å². The van der Waals surface area contributed by atoms with Gasteiger partial charge in [0.2, 0.25) is 21.8 Å². The average molecular weight is 543 g/mol. The summed E-state index contributed by atoms with van der Waals surface area (Å²) < 4.78 is 26.2. The molecule has 2 rings (SSSR count). The summed E-state index contributed by atoms with van der Waals surface area (Å²) >= 11 is 12.2. The first-order valence-corrected chi connectivity index (χ1v) is 13.9. The van der Waals surface area contributed by atoms with Gasteiger partial charge in [-0.15, -0.1) is 0 Å². The smallest absolute Gasteiger partial charge is 0.244 e. The highest BCUT2D eigenvalue weighted by atomic mass is 35.5. The van der Waals surface area contributed by atoms with Gasteiger partial charge in [-0.25, -0.2) is 8.42 Å². The van der Waals surface area contributed by atoms with Crippen LogP contribution in [0.25, 0.3) is 0 Å². The number of halogens is 2. The fraction of sp³-hybridized carbons (Fsp3) is 0.440. The molecule has 0 aliphatic carbocycles. The van der Waals surface area contributed by atoms with Crippen molar-refractivity contribution >= 4 is 50.7 Å². The predicted molar refractivity (Wildman–Crippen MR) is 142 cm³/mol. The van der Waals surface area contributed by atoms with Crippen molar-refractivity contribution in [1.82, 2.24) is 10.2 Å². The van der Waals surface area contributed by atoms with E-state index in [9.17, 15) is 18.0 Å². The molecule has 0 saturated carbocycles. The van der Waals surface area contributed by atoms with Gasteiger partial charge in [0.1, 0.15) is 12.6 Å². The van der Waals surface area contributed by atoms with Crippen molar-refractivity contribution in [3.63, 3.8) is 0 Å². The molecule has 1 N–H and O–H groups in total. The Bertz CT molecular complexity index is 1110. The highest BCUT2D eigenvalue weighted by Gasteiger charge is 2.32. The van der Waals surface area contributed by atoms with Crippen LogP contribution < -0.4 is 9.62 Å². The van der Waals surface area contributed by atoms with Gasteiger partial charge < -0.3 is 10.2 Å². The molecule has 0 spiro atoms. The minimum Gasteiger partial charge on any atom is -0.350 e. The van der Waals surface area contributed by atoms with Gasteiger partial charge in [0, 0.05) is 22.1 Å². The van der Waals surface area contributed by atoms with Gasteiger partial charge in [-0.2, -0.15) is 0 Å². The molecule has 0 aliphatic rings. The molecule has 0 bridgehead atoms. The van der Waals surface area contributed by atoms with Crippen molar-refractivity contribution in [3.8, 4) is 0 Å². The number of anilines is 1. The minimum absolute atomic E-state index is 0.175. The second-order valence-corrected chi connectivity index (χ2v) is 12.2. The molecule has 0 aromatic heterocycles. The number of benzene rings is 2. The molecular formula is C25H33Cl2N3O4S. The van der Waals surface area contributed by atoms with Crippen molar-refractivity contribution in [3.05, 3.63) is 64.1 Å². The Balaban J connectivity index is 2.41. The lowest BCUT2D eigenvalue weighted by molar-refractivity contribution is -0.140. The van der Waals surface area contributed by atoms with Crippen LogP contribution >= 0.6 is 23.2 Å². The fourth-order valence-corrected chi connectivity index (χ4v) is 4.99. The van der Waals surface area contributed by atoms with Crippen molar-refractivity contribution in [2.24, 2.45) is 0 Å². The first-order valence-electron chi connectivity index (χ1n) is 11.3. The molecule has 0 heterocycles. The highest BCUT2D eigenvalue weighted by molar-refractivity contribution is 7.92. The molecule has 2 aromatic rings. The Morgan fingerprint density at radius 2 is 1.60 bits per heavy atom. The zero-order valence-corrected chi connectivity index (χ0v) is 23.0. The van der Waals surface area contributed by atoms with Gasteiger partial charge >= 0.3 is 0 Å². The molecule has 1 atom stereocenters. The molecule has 192 valence electrons. The van der Waals surface area contributed by atoms with Crippen LogP contribution in [0.1, 0.15) is 39.7 Å². The number of rotatable bonds is 10. The number of carbonyl (C=O) groups excluding carboxylic acids is 2. The van der Waals surface area contributed by atoms with Crippen LogP contribution in [0.5, 0.6) is 0 Å². The Hall–Kier alpha value is -2.29. The lowest BCUT2D eigenvalue weighted by Crippen LogP contribution is -2.56. The van der Waals surface area contributed by atoms with Crippen LogP contribution in [-0.2, 0) is 26.0 Å². The van der Waals surface area contributed by atoms with E-state index in [-0.39, 0.29) is 28.2 Å². The van der Waals surface area contributed by atoms with E-state index in [0.717, 1.165) is 16.1 Å². The van der Waals surface area contributed by atoms with E-state index >= 15 is 0 Å². The van der Waals surface area contributed by atoms with Crippen molar-refractivity contribution < 1.29 is 18.0 Å². The summed E-state index contributed by atoms with van der Waals surface area (Å²) in [6.45, 7) is 7.16. The number of carbonyl (C=O) groups is 2. The first kappa shape index (κ1) is 28.9. The van der Waals surface area contributed by atoms with Crippen LogP contribution in [0.3, 0.4) is 0 Å². The number of hydrogen-bond donors (Lipinski definition) is 1. The topological polar surface area (TPSA) is 86.8 Å². The Kier molecular flexibility index (Phi) is 10.0. The maximum atomic E-state index is 13.6. The van der Waals surface area contributed by atoms with E-state index in [1.165, 1.54) is 23.1 Å². The summed E-state index contributed by atoms with van der Waals surface area (Å²) in [6.07, 6.45) is 1.88. The molecule has 0 radical (unpaired) electrons. The molecule has 0 fully saturated rings. The lowest BCUT2D eigenvalue weighted by atomic mass is 10.1. The molecule has 2 amide bonds. The van der Waals surface area contributed by atoms with Gasteiger partial charge in [-0.3, -0.25) is 13.9 Å². The maximum Gasteiger partial charge on any atom is 0.244 e. The van der Waals surface area contributed by atoms with E-state index < -0.39 is 34.1 Å². The number of amides is 2. The van der Waals surface area contributed by atoms with E-state index in [4.69, 9.17) is 23.2 Å². The van der Waals surface area contributed by atoms with E-state index in [1.807, 2.05) is 58.0 Å². The molecule has 0 unspecified atom stereocenters. The van der Waals surface area contributed by atoms with Crippen LogP contribution in [0.2, 0.25) is 10.0 Å². The summed E-state index contributed by atoms with van der Waals surface area (Å²) in [7, 11) is -3.86. The van der Waals surface area contributed by atoms with Crippen LogP contribution in [-0.4, -0.2) is 56.1 Å². The number of nitrogens with zero attached hydrogens (tertiary/aromatic N) is 2. The fourth-order valence-electron chi connectivity index (χ4n) is 3.65. The van der Waals surface area contributed by atoms with Gasteiger partial charge in [0.25, 0.3) is 0 Å². The van der Waals surface area contributed by atoms with Gasteiger partial charge in [0.05, 0.1) is 11.9 Å². The van der Waals surface area contributed by atoms with Gasteiger partial charge in [-0.05, 0) is 57.4 Å². The zero-order valence-electron chi connectivity index (χ0n) is 20.7. The molecule has 0 saturated heterocycles. The Morgan fingerprint density at radius 1 is 1.03 bits per heavy atom. The highest BCUT2D eigenvalue weighted by Crippen LogP contribution is 2.27. The molecular weight excluding hydrogens is 509 g/mol. The van der Waals surface area contributed by atoms with Gasteiger partial charge in [0.15, 0.2) is 0 Å². The molecule has 10 heteroatoms. The quantitative estimate of drug-likeness (QED) is 0.478. The normalized spacial score (nSPS) is 12.7. The SMILES string of the molecule is CC[C@@H](C(=O)NC(C)(C)C)N(CCc1ccccc1)C(=O)CN(c1cc(Cl)cc(Cl)c1)S(C)(=O)=O. The van der Waals surface area contributed by atoms with Crippen LogP contribution in [0.4, 0.5) is 5.69 Å². The van der Waals surface area contributed by atoms with E-state index in [2.05, 4.69) is 5.32 Å². The molecule has 0 aliphatic heterocycles. The Morgan fingerprint density at radius 3 is 2.09 bits per heavy atom. The molecule has 2 aromatic carbocycles. The third-order valence-electron chi connectivity index (χ3n) is 5.18. The van der Waals surface area contributed by atoms with Gasteiger partial charge in [-0.1, -0.05) is 60.5 Å². The zero-order chi connectivity index (χ0) is 26.4. The third-order valence-corrected chi connectivity index (χ3v) is 6.76. The summed E-state index contributed by atoms with van der Waals surface area (Å²) in [4.78, 5) is 28.2. The first-order chi connectivity index (χ1) is 16.2. The van der Waals surface area contributed by atoms with Crippen molar-refractivity contribution in [1.29, 1.82) is 0 Å². The summed E-state index contributed by atoms with van der Waals surface area (Å²) in [5.41, 5.74) is 0.682. The summed E-state index contributed by atoms with van der Waals surface area (Å²) in [5, 5.41) is 3.42. The van der Waals surface area contributed by atoms with Crippen LogP contribution in [0.15, 0.2) is 48.5 Å². The molecule has 35 heavy (non-hydrogen) atoms. The summed E-state index contributed by atoms with van der Waals surface area (Å²) in [6, 6.07) is 13.2. The van der Waals surface area contributed by atoms with Crippen LogP contribution in [0, 0.1) is 0 Å². The summed E-state index contributed by atoms with van der Waals surface area (Å²) in [5.74, 6) is -0.795. The second kappa shape index (κ2) is 12.1. The van der Waals surface area contributed by atoms with E-state index in [0.29, 0.717) is 12.8 Å². The number of sulfonamides is 1. The second-order valence-electron chi connectivity index (χ2n) is 9.38. The monoisotopic (exact) mass is 541 g/mol. The Labute approximate surface area is 218 Å². The predicted octanol–water partition coefficient (Wildman–Crippen LogP) is 4.52. The maximum absolute atomic E-state index is 13.6. The average Bonchev–Trinajstić information content (AvgIpc) is 2.72. The minimum atomic E-state index is -3.86. The van der Waals surface area contributed by atoms with Crippen molar-refractivity contribution in [2.75, 3.05) is 23.7 Å². The standard InChI is InChI=1S/C25H33Cl2N3O4S/c1-6-22(24(32)28-25(2,3)4)29(13-12-18-10-8-7-9-11-18)23(31)17-30(35(5,33)34)21-15-19(26)14-20(27)16-21/h7-11,14-16,22H,6,12-13,17H2,1-5H3,(H,28,32)/t22-/m0/s1. The number of nitrogens with one attached hydrogen (secondary N) is 1. The third kappa shape index (κ3) is 9.02. The van der Waals surface area contributed by atoms with E-state index in [1.54, 1.807) is 0 Å².